The van der Waals surface area contributed by atoms with E-state index in [9.17, 15) is 24.6 Å². The zero-order chi connectivity index (χ0) is 28.5. The fraction of sp³-hybridized carbons (Fsp3) is 0.833. The number of ether oxygens (including phenoxy) is 4. The van der Waals surface area contributed by atoms with Crippen LogP contribution in [-0.4, -0.2) is 72.9 Å². The van der Waals surface area contributed by atoms with Gasteiger partial charge in [-0.2, -0.15) is 0 Å². The van der Waals surface area contributed by atoms with Crippen molar-refractivity contribution in [1.29, 1.82) is 0 Å². The van der Waals surface area contributed by atoms with Crippen LogP contribution in [0.3, 0.4) is 0 Å². The number of esters is 1. The number of allylic oxidation sites excluding steroid dienone is 1. The first kappa shape index (κ1) is 28.7. The first-order valence-electron chi connectivity index (χ1n) is 14.6. The first-order chi connectivity index (χ1) is 18.5. The third-order valence-corrected chi connectivity index (χ3v) is 11.0. The standard InChI is InChI=1S/C30H44O9/c1-7-8-21(32)39-25-23(33)26(38-17(5)24(25)36-6)37-14-29-18-11-20(15(2)3)30(29,27(34)35)28(12-18,13-31)19-10-9-16(4)22(19)29/h11,13,15-19,22-26,33H,7-10,12,14H2,1-6H3,(H,34,35)/t16-,17-,18?,19-,22-,23+,24-,25+,26-,28?,29?,30?/m1/s1. The second-order valence-electron chi connectivity index (χ2n) is 12.9. The zero-order valence-corrected chi connectivity index (χ0v) is 23.9. The molecule has 5 aliphatic rings. The highest BCUT2D eigenvalue weighted by molar-refractivity contribution is 5.91. The lowest BCUT2D eigenvalue weighted by molar-refractivity contribution is -0.308. The molecule has 1 saturated heterocycles. The highest BCUT2D eigenvalue weighted by Gasteiger charge is 2.89. The zero-order valence-electron chi connectivity index (χ0n) is 23.9. The number of rotatable bonds is 10. The predicted octanol–water partition coefficient (Wildman–Crippen LogP) is 3.37. The Labute approximate surface area is 230 Å². The molecule has 0 amide bonds. The largest absolute Gasteiger partial charge is 0.481 e. The van der Waals surface area contributed by atoms with Crippen LogP contribution in [0.15, 0.2) is 11.6 Å². The van der Waals surface area contributed by atoms with Crippen LogP contribution >= 0.6 is 0 Å². The molecular weight excluding hydrogens is 504 g/mol. The molecule has 4 unspecified atom stereocenters. The summed E-state index contributed by atoms with van der Waals surface area (Å²) in [6.45, 7) is 9.83. The molecule has 9 heteroatoms. The van der Waals surface area contributed by atoms with E-state index in [4.69, 9.17) is 18.9 Å². The molecule has 5 rings (SSSR count). The average molecular weight is 549 g/mol. The lowest BCUT2D eigenvalue weighted by Gasteiger charge is -2.48. The Morgan fingerprint density at radius 3 is 2.54 bits per heavy atom. The molecule has 0 radical (unpaired) electrons. The van der Waals surface area contributed by atoms with E-state index in [1.165, 1.54) is 7.11 Å². The Balaban J connectivity index is 1.52. The predicted molar refractivity (Wildman–Crippen MR) is 139 cm³/mol. The van der Waals surface area contributed by atoms with Gasteiger partial charge in [0.1, 0.15) is 23.9 Å². The number of aliphatic carboxylic acids is 1. The van der Waals surface area contributed by atoms with Crippen molar-refractivity contribution in [1.82, 2.24) is 0 Å². The molecule has 0 spiro atoms. The van der Waals surface area contributed by atoms with E-state index in [1.54, 1.807) is 6.92 Å². The van der Waals surface area contributed by atoms with Crippen molar-refractivity contribution in [3.63, 3.8) is 0 Å². The van der Waals surface area contributed by atoms with Gasteiger partial charge in [0.2, 0.25) is 0 Å². The van der Waals surface area contributed by atoms with Crippen molar-refractivity contribution in [2.45, 2.75) is 97.4 Å². The summed E-state index contributed by atoms with van der Waals surface area (Å²) in [6, 6.07) is 0. The maximum absolute atomic E-state index is 13.5. The fourth-order valence-corrected chi connectivity index (χ4v) is 9.97. The molecule has 2 N–H and O–H groups in total. The summed E-state index contributed by atoms with van der Waals surface area (Å²) in [6.07, 6.45) is 1.48. The van der Waals surface area contributed by atoms with Gasteiger partial charge in [-0.25, -0.2) is 0 Å². The van der Waals surface area contributed by atoms with Crippen molar-refractivity contribution < 1.29 is 43.5 Å². The first-order valence-corrected chi connectivity index (χ1v) is 14.6. The monoisotopic (exact) mass is 548 g/mol. The van der Waals surface area contributed by atoms with Gasteiger partial charge in [0.15, 0.2) is 12.4 Å². The minimum atomic E-state index is -1.36. The molecule has 0 aromatic heterocycles. The summed E-state index contributed by atoms with van der Waals surface area (Å²) in [5.41, 5.74) is -2.35. The smallest absolute Gasteiger partial charge is 0.315 e. The number of carboxylic acid groups (broad SMARTS) is 1. The number of carbonyl (C=O) groups is 3. The molecule has 1 heterocycles. The topological polar surface area (TPSA) is 129 Å². The van der Waals surface area contributed by atoms with Crippen LogP contribution in [0.4, 0.5) is 0 Å². The molecule has 4 bridgehead atoms. The highest BCUT2D eigenvalue weighted by Crippen LogP contribution is 2.87. The van der Waals surface area contributed by atoms with Crippen molar-refractivity contribution in [3.8, 4) is 0 Å². The third kappa shape index (κ3) is 3.48. The lowest BCUT2D eigenvalue weighted by atomic mass is 9.55. The molecule has 0 aromatic rings. The van der Waals surface area contributed by atoms with Crippen molar-refractivity contribution >= 4 is 18.2 Å². The summed E-state index contributed by atoms with van der Waals surface area (Å²) in [5.74, 6) is -1.36. The van der Waals surface area contributed by atoms with Crippen molar-refractivity contribution in [2.75, 3.05) is 13.7 Å². The summed E-state index contributed by atoms with van der Waals surface area (Å²) < 4.78 is 23.7. The van der Waals surface area contributed by atoms with E-state index in [2.05, 4.69) is 13.0 Å². The molecule has 218 valence electrons. The molecular formula is C30H44O9. The fourth-order valence-electron chi connectivity index (χ4n) is 9.97. The molecule has 3 saturated carbocycles. The van der Waals surface area contributed by atoms with Crippen LogP contribution in [0.2, 0.25) is 0 Å². The number of aliphatic hydroxyl groups excluding tert-OH is 1. The van der Waals surface area contributed by atoms with Gasteiger partial charge in [-0.1, -0.05) is 45.8 Å². The van der Waals surface area contributed by atoms with Crippen LogP contribution in [0, 0.1) is 45.8 Å². The Morgan fingerprint density at radius 2 is 1.95 bits per heavy atom. The minimum absolute atomic E-state index is 0.00638. The number of hydrogen-bond acceptors (Lipinski definition) is 8. The van der Waals surface area contributed by atoms with Crippen LogP contribution in [0.1, 0.15) is 66.7 Å². The molecule has 1 aliphatic heterocycles. The second kappa shape index (κ2) is 9.93. The van der Waals surface area contributed by atoms with Gasteiger partial charge >= 0.3 is 11.9 Å². The minimum Gasteiger partial charge on any atom is -0.481 e. The third-order valence-electron chi connectivity index (χ3n) is 11.0. The Bertz CT molecular complexity index is 1040. The number of aldehydes is 1. The number of fused-ring (bicyclic) bond motifs is 2. The van der Waals surface area contributed by atoms with Crippen LogP contribution < -0.4 is 0 Å². The number of carboxylic acids is 1. The molecule has 9 nitrogen and oxygen atoms in total. The van der Waals surface area contributed by atoms with E-state index in [0.29, 0.717) is 12.8 Å². The molecule has 4 fully saturated rings. The maximum atomic E-state index is 13.5. The van der Waals surface area contributed by atoms with E-state index in [0.717, 1.165) is 24.7 Å². The normalized spacial score (nSPS) is 47.8. The summed E-state index contributed by atoms with van der Waals surface area (Å²) in [4.78, 5) is 39.0. The summed E-state index contributed by atoms with van der Waals surface area (Å²) >= 11 is 0. The Morgan fingerprint density at radius 1 is 1.23 bits per heavy atom. The SMILES string of the molecule is CCCC(=O)O[C@H]1[C@H](O)[C@H](OCC23C4C=C(C(C)C)C2(C(=O)O)C(C=O)(C4)[C@@H]2CC[C@@H](C)[C@H]23)O[C@H](C)[C@H]1OC. The van der Waals surface area contributed by atoms with Crippen LogP contribution in [-0.2, 0) is 33.3 Å². The highest BCUT2D eigenvalue weighted by atomic mass is 16.7. The van der Waals surface area contributed by atoms with Gasteiger partial charge in [0.25, 0.3) is 0 Å². The van der Waals surface area contributed by atoms with Crippen LogP contribution in [0.25, 0.3) is 0 Å². The van der Waals surface area contributed by atoms with Gasteiger partial charge in [-0.05, 0) is 55.8 Å². The molecule has 0 aromatic carbocycles. The van der Waals surface area contributed by atoms with Gasteiger partial charge in [-0.3, -0.25) is 9.59 Å². The van der Waals surface area contributed by atoms with E-state index >= 15 is 0 Å². The quantitative estimate of drug-likeness (QED) is 0.240. The van der Waals surface area contributed by atoms with Crippen LogP contribution in [0.5, 0.6) is 0 Å². The number of methoxy groups -OCH3 is 1. The number of aliphatic hydroxyl groups is 1. The Kier molecular flexibility index (Phi) is 7.31. The maximum Gasteiger partial charge on any atom is 0.315 e. The average Bonchev–Trinajstić information content (AvgIpc) is 3.55. The summed E-state index contributed by atoms with van der Waals surface area (Å²) in [7, 11) is 1.48. The number of carbonyl (C=O) groups excluding carboxylic acids is 2. The van der Waals surface area contributed by atoms with Gasteiger partial charge in [0.05, 0.1) is 18.1 Å². The van der Waals surface area contributed by atoms with Gasteiger partial charge in [0, 0.05) is 18.9 Å². The molecule has 39 heavy (non-hydrogen) atoms. The van der Waals surface area contributed by atoms with Gasteiger partial charge < -0.3 is 34.0 Å². The second-order valence-corrected chi connectivity index (χ2v) is 12.9. The van der Waals surface area contributed by atoms with E-state index in [1.807, 2.05) is 20.8 Å². The molecule has 4 aliphatic carbocycles. The van der Waals surface area contributed by atoms with Crippen molar-refractivity contribution in [3.05, 3.63) is 11.6 Å². The Hall–Kier alpha value is -1.81. The molecule has 12 atom stereocenters. The van der Waals surface area contributed by atoms with E-state index < -0.39 is 58.9 Å². The summed E-state index contributed by atoms with van der Waals surface area (Å²) in [5, 5.41) is 22.4. The number of hydrogen-bond donors (Lipinski definition) is 2. The van der Waals surface area contributed by atoms with Crippen molar-refractivity contribution in [2.24, 2.45) is 45.8 Å². The van der Waals surface area contributed by atoms with Gasteiger partial charge in [-0.15, -0.1) is 0 Å². The van der Waals surface area contributed by atoms with E-state index in [-0.39, 0.29) is 42.6 Å². The lowest BCUT2D eigenvalue weighted by Crippen LogP contribution is -2.60.